The van der Waals surface area contributed by atoms with Crippen LogP contribution < -0.4 is 5.73 Å². The molecule has 5 heteroatoms. The van der Waals surface area contributed by atoms with E-state index in [-0.39, 0.29) is 0 Å². The molecule has 1 aromatic carbocycles. The molecule has 0 bridgehead atoms. The van der Waals surface area contributed by atoms with Gasteiger partial charge >= 0.3 is 0 Å². The first-order valence-corrected chi connectivity index (χ1v) is 5.59. The van der Waals surface area contributed by atoms with Crippen LogP contribution in [-0.4, -0.2) is 14.8 Å². The van der Waals surface area contributed by atoms with Gasteiger partial charge in [-0.25, -0.2) is 0 Å². The number of anilines is 1. The number of benzene rings is 1. The Balaban J connectivity index is 2.42. The van der Waals surface area contributed by atoms with E-state index in [0.717, 1.165) is 22.2 Å². The van der Waals surface area contributed by atoms with Crippen molar-refractivity contribution >= 4 is 28.2 Å². The normalized spacial score (nSPS) is 11.2. The number of nitrogens with zero attached hydrogens (tertiary/aromatic N) is 2. The molecule has 0 aliphatic rings. The average molecular weight is 247 g/mol. The Morgan fingerprint density at radius 2 is 2.24 bits per heavy atom. The first kappa shape index (κ1) is 10.2. The SMILES string of the molecule is Cn1cc(-c2[nH]ncc2N)c2c(Cl)cccc21. The fraction of sp³-hybridized carbons (Fsp3) is 0.0833. The van der Waals surface area contributed by atoms with Crippen LogP contribution in [0.25, 0.3) is 22.2 Å². The minimum atomic E-state index is 0.623. The second-order valence-electron chi connectivity index (χ2n) is 3.99. The zero-order valence-corrected chi connectivity index (χ0v) is 9.99. The first-order chi connectivity index (χ1) is 8.18. The Labute approximate surface area is 103 Å². The van der Waals surface area contributed by atoms with Crippen molar-refractivity contribution in [2.45, 2.75) is 0 Å². The van der Waals surface area contributed by atoms with Crippen LogP contribution in [0.1, 0.15) is 0 Å². The Kier molecular flexibility index (Phi) is 2.12. The predicted octanol–water partition coefficient (Wildman–Crippen LogP) is 2.80. The second-order valence-corrected chi connectivity index (χ2v) is 4.40. The molecule has 0 saturated carbocycles. The predicted molar refractivity (Wildman–Crippen MR) is 69.9 cm³/mol. The lowest BCUT2D eigenvalue weighted by Crippen LogP contribution is -1.85. The highest BCUT2D eigenvalue weighted by molar-refractivity contribution is 6.36. The summed E-state index contributed by atoms with van der Waals surface area (Å²) in [4.78, 5) is 0. The van der Waals surface area contributed by atoms with E-state index < -0.39 is 0 Å². The fourth-order valence-corrected chi connectivity index (χ4v) is 2.37. The molecular formula is C12H11ClN4. The van der Waals surface area contributed by atoms with Gasteiger partial charge in [0.2, 0.25) is 0 Å². The molecule has 0 radical (unpaired) electrons. The van der Waals surface area contributed by atoms with Crippen LogP contribution >= 0.6 is 11.6 Å². The highest BCUT2D eigenvalue weighted by Gasteiger charge is 2.14. The molecule has 0 unspecified atom stereocenters. The summed E-state index contributed by atoms with van der Waals surface area (Å²) in [6.45, 7) is 0. The Hall–Kier alpha value is -1.94. The number of aryl methyl sites for hydroxylation is 1. The fourth-order valence-electron chi connectivity index (χ4n) is 2.10. The summed E-state index contributed by atoms with van der Waals surface area (Å²) in [5.74, 6) is 0. The standard InChI is InChI=1S/C12H11ClN4/c1-17-6-7(12-9(14)5-15-16-12)11-8(13)3-2-4-10(11)17/h2-6H,14H2,1H3,(H,15,16). The summed E-state index contributed by atoms with van der Waals surface area (Å²) in [7, 11) is 1.98. The smallest absolute Gasteiger partial charge is 0.0902 e. The summed E-state index contributed by atoms with van der Waals surface area (Å²) in [6, 6.07) is 5.84. The lowest BCUT2D eigenvalue weighted by atomic mass is 10.1. The number of hydrogen-bond acceptors (Lipinski definition) is 2. The molecule has 0 aliphatic carbocycles. The lowest BCUT2D eigenvalue weighted by Gasteiger charge is -1.99. The van der Waals surface area contributed by atoms with Gasteiger partial charge < -0.3 is 10.3 Å². The molecule has 4 nitrogen and oxygen atoms in total. The van der Waals surface area contributed by atoms with Crippen molar-refractivity contribution in [2.24, 2.45) is 7.05 Å². The molecular weight excluding hydrogens is 236 g/mol. The van der Waals surface area contributed by atoms with Gasteiger partial charge in [0, 0.05) is 29.7 Å². The number of hydrogen-bond donors (Lipinski definition) is 2. The van der Waals surface area contributed by atoms with Crippen molar-refractivity contribution in [3.63, 3.8) is 0 Å². The number of aromatic amines is 1. The second kappa shape index (κ2) is 3.53. The van der Waals surface area contributed by atoms with Gasteiger partial charge in [-0.3, -0.25) is 5.10 Å². The highest BCUT2D eigenvalue weighted by Crippen LogP contribution is 2.36. The van der Waals surface area contributed by atoms with E-state index in [1.165, 1.54) is 0 Å². The van der Waals surface area contributed by atoms with Crippen molar-refractivity contribution in [1.82, 2.24) is 14.8 Å². The maximum absolute atomic E-state index is 6.26. The third kappa shape index (κ3) is 1.41. The summed E-state index contributed by atoms with van der Waals surface area (Å²) in [5.41, 5.74) is 9.35. The molecule has 2 aromatic heterocycles. The van der Waals surface area contributed by atoms with Crippen LogP contribution in [0.3, 0.4) is 0 Å². The zero-order valence-electron chi connectivity index (χ0n) is 9.24. The monoisotopic (exact) mass is 246 g/mol. The molecule has 17 heavy (non-hydrogen) atoms. The lowest BCUT2D eigenvalue weighted by molar-refractivity contribution is 0.969. The van der Waals surface area contributed by atoms with E-state index in [0.29, 0.717) is 10.7 Å². The number of nitrogens with one attached hydrogen (secondary N) is 1. The summed E-state index contributed by atoms with van der Waals surface area (Å²) >= 11 is 6.26. The van der Waals surface area contributed by atoms with E-state index >= 15 is 0 Å². The zero-order chi connectivity index (χ0) is 12.0. The summed E-state index contributed by atoms with van der Waals surface area (Å²) in [5, 5.41) is 8.56. The molecule has 0 fully saturated rings. The number of fused-ring (bicyclic) bond motifs is 1. The van der Waals surface area contributed by atoms with Crippen LogP contribution in [0.4, 0.5) is 5.69 Å². The van der Waals surface area contributed by atoms with Gasteiger partial charge in [-0.05, 0) is 12.1 Å². The van der Waals surface area contributed by atoms with Gasteiger partial charge in [-0.15, -0.1) is 0 Å². The molecule has 3 aromatic rings. The van der Waals surface area contributed by atoms with Crippen LogP contribution in [0, 0.1) is 0 Å². The number of halogens is 1. The van der Waals surface area contributed by atoms with Crippen molar-refractivity contribution < 1.29 is 0 Å². The molecule has 2 heterocycles. The molecule has 3 N–H and O–H groups in total. The first-order valence-electron chi connectivity index (χ1n) is 5.21. The Bertz CT molecular complexity index is 696. The molecule has 86 valence electrons. The van der Waals surface area contributed by atoms with Gasteiger partial charge in [0.05, 0.1) is 22.6 Å². The number of aromatic nitrogens is 3. The third-order valence-corrected chi connectivity index (χ3v) is 3.22. The molecule has 0 spiro atoms. The van der Waals surface area contributed by atoms with Crippen molar-refractivity contribution in [2.75, 3.05) is 5.73 Å². The summed E-state index contributed by atoms with van der Waals surface area (Å²) < 4.78 is 2.02. The molecule has 0 aliphatic heterocycles. The quantitative estimate of drug-likeness (QED) is 0.694. The highest BCUT2D eigenvalue weighted by atomic mass is 35.5. The maximum Gasteiger partial charge on any atom is 0.0902 e. The molecule has 3 rings (SSSR count). The number of H-pyrrole nitrogens is 1. The van der Waals surface area contributed by atoms with Gasteiger partial charge in [0.25, 0.3) is 0 Å². The van der Waals surface area contributed by atoms with E-state index in [2.05, 4.69) is 10.2 Å². The molecule has 0 atom stereocenters. The molecule has 0 saturated heterocycles. The van der Waals surface area contributed by atoms with E-state index in [9.17, 15) is 0 Å². The number of rotatable bonds is 1. The third-order valence-electron chi connectivity index (χ3n) is 2.90. The topological polar surface area (TPSA) is 59.6 Å². The van der Waals surface area contributed by atoms with Gasteiger partial charge in [-0.1, -0.05) is 17.7 Å². The van der Waals surface area contributed by atoms with Crippen LogP contribution in [0.5, 0.6) is 0 Å². The van der Waals surface area contributed by atoms with Crippen LogP contribution in [0.15, 0.2) is 30.6 Å². The Morgan fingerprint density at radius 1 is 1.41 bits per heavy atom. The minimum Gasteiger partial charge on any atom is -0.396 e. The van der Waals surface area contributed by atoms with Gasteiger partial charge in [0.15, 0.2) is 0 Å². The number of nitrogens with two attached hydrogens (primary N) is 1. The van der Waals surface area contributed by atoms with Gasteiger partial charge in [0.1, 0.15) is 0 Å². The Morgan fingerprint density at radius 3 is 2.94 bits per heavy atom. The minimum absolute atomic E-state index is 0.623. The van der Waals surface area contributed by atoms with Gasteiger partial charge in [-0.2, -0.15) is 5.10 Å². The van der Waals surface area contributed by atoms with Crippen LogP contribution in [-0.2, 0) is 7.05 Å². The largest absolute Gasteiger partial charge is 0.396 e. The van der Waals surface area contributed by atoms with E-state index in [1.807, 2.05) is 36.0 Å². The van der Waals surface area contributed by atoms with E-state index in [1.54, 1.807) is 6.20 Å². The van der Waals surface area contributed by atoms with Crippen molar-refractivity contribution in [1.29, 1.82) is 0 Å². The van der Waals surface area contributed by atoms with Crippen LogP contribution in [0.2, 0.25) is 5.02 Å². The number of nitrogen functional groups attached to an aromatic ring is 1. The average Bonchev–Trinajstić information content (AvgIpc) is 2.85. The molecule has 0 amide bonds. The van der Waals surface area contributed by atoms with Crippen molar-refractivity contribution in [3.8, 4) is 11.3 Å². The van der Waals surface area contributed by atoms with E-state index in [4.69, 9.17) is 17.3 Å². The maximum atomic E-state index is 6.26. The summed E-state index contributed by atoms with van der Waals surface area (Å²) in [6.07, 6.45) is 3.60. The van der Waals surface area contributed by atoms with Crippen molar-refractivity contribution in [3.05, 3.63) is 35.6 Å².